The number of allylic oxidation sites excluding steroid dienone is 1. The Bertz CT molecular complexity index is 579. The van der Waals surface area contributed by atoms with Crippen LogP contribution in [-0.2, 0) is 6.54 Å². The molecule has 0 bridgehead atoms. The van der Waals surface area contributed by atoms with Crippen molar-refractivity contribution in [2.45, 2.75) is 46.2 Å². The molecule has 0 saturated carbocycles. The van der Waals surface area contributed by atoms with E-state index in [-0.39, 0.29) is 0 Å². The van der Waals surface area contributed by atoms with E-state index in [1.54, 1.807) is 0 Å². The Hall–Kier alpha value is -1.77. The third-order valence-corrected chi connectivity index (χ3v) is 3.09. The number of fused-ring (bicyclic) bond motifs is 1. The molecule has 0 unspecified atom stereocenters. The maximum atomic E-state index is 4.58. The molecule has 0 aliphatic rings. The number of nitrogens with one attached hydrogen (secondary N) is 1. The van der Waals surface area contributed by atoms with Crippen LogP contribution in [0.3, 0.4) is 0 Å². The molecule has 0 saturated heterocycles. The van der Waals surface area contributed by atoms with Crippen LogP contribution in [0.15, 0.2) is 36.7 Å². The summed E-state index contributed by atoms with van der Waals surface area (Å²) < 4.78 is 1.95. The van der Waals surface area contributed by atoms with E-state index in [9.17, 15) is 0 Å². The van der Waals surface area contributed by atoms with Crippen LogP contribution < -0.4 is 5.32 Å². The molecule has 1 aromatic heterocycles. The average Bonchev–Trinajstić information content (AvgIpc) is 2.68. The van der Waals surface area contributed by atoms with Gasteiger partial charge in [0.25, 0.3) is 0 Å². The van der Waals surface area contributed by atoms with E-state index in [1.807, 2.05) is 4.68 Å². The van der Waals surface area contributed by atoms with E-state index < -0.39 is 0 Å². The minimum atomic E-state index is 0.407. The van der Waals surface area contributed by atoms with Crippen LogP contribution in [0.1, 0.15) is 39.2 Å². The molecule has 1 aromatic carbocycles. The van der Waals surface area contributed by atoms with E-state index >= 15 is 0 Å². The highest BCUT2D eigenvalue weighted by Crippen LogP contribution is 2.20. The topological polar surface area (TPSA) is 29.9 Å². The first-order valence-corrected chi connectivity index (χ1v) is 6.87. The van der Waals surface area contributed by atoms with Gasteiger partial charge in [-0.05, 0) is 37.5 Å². The standard InChI is InChI=1S/C16H23N3/c1-11(2)14-6-7-16-15(8-14)10-19(18-16)9-13(5)17-12(3)4/h6-8,10-12,17H,5,9H2,1-4H3. The zero-order chi connectivity index (χ0) is 14.0. The molecule has 0 fully saturated rings. The molecule has 3 nitrogen and oxygen atoms in total. The Labute approximate surface area is 115 Å². The molecule has 0 amide bonds. The first-order valence-electron chi connectivity index (χ1n) is 6.87. The lowest BCUT2D eigenvalue weighted by Gasteiger charge is -2.12. The maximum Gasteiger partial charge on any atom is 0.0923 e. The first-order chi connectivity index (χ1) is 8.95. The Morgan fingerprint density at radius 1 is 1.32 bits per heavy atom. The molecular formula is C16H23N3. The summed E-state index contributed by atoms with van der Waals surface area (Å²) in [6, 6.07) is 6.89. The van der Waals surface area contributed by atoms with Gasteiger partial charge in [0.05, 0.1) is 12.1 Å². The predicted octanol–water partition coefficient (Wildman–Crippen LogP) is 3.67. The SMILES string of the molecule is C=C(Cn1cc2cc(C(C)C)ccc2n1)NC(C)C. The van der Waals surface area contributed by atoms with Crippen LogP contribution in [0.5, 0.6) is 0 Å². The average molecular weight is 257 g/mol. The van der Waals surface area contributed by atoms with Gasteiger partial charge in [-0.1, -0.05) is 26.5 Å². The minimum absolute atomic E-state index is 0.407. The number of rotatable bonds is 5. The van der Waals surface area contributed by atoms with Gasteiger partial charge in [0, 0.05) is 23.3 Å². The molecule has 0 spiro atoms. The largest absolute Gasteiger partial charge is 0.385 e. The lowest BCUT2D eigenvalue weighted by Crippen LogP contribution is -2.24. The predicted molar refractivity (Wildman–Crippen MR) is 81.2 cm³/mol. The summed E-state index contributed by atoms with van der Waals surface area (Å²) in [6.07, 6.45) is 2.09. The van der Waals surface area contributed by atoms with Crippen molar-refractivity contribution in [1.29, 1.82) is 0 Å². The van der Waals surface area contributed by atoms with Gasteiger partial charge in [-0.2, -0.15) is 5.10 Å². The molecule has 2 rings (SSSR count). The highest BCUT2D eigenvalue weighted by molar-refractivity contribution is 5.78. The quantitative estimate of drug-likeness (QED) is 0.885. The number of nitrogens with zero attached hydrogens (tertiary/aromatic N) is 2. The number of benzene rings is 1. The number of hydrogen-bond donors (Lipinski definition) is 1. The van der Waals surface area contributed by atoms with Crippen LogP contribution in [0, 0.1) is 0 Å². The smallest absolute Gasteiger partial charge is 0.0923 e. The van der Waals surface area contributed by atoms with Crippen molar-refractivity contribution in [2.75, 3.05) is 0 Å². The molecule has 2 aromatic rings. The summed E-state index contributed by atoms with van der Waals surface area (Å²) in [7, 11) is 0. The van der Waals surface area contributed by atoms with E-state index in [1.165, 1.54) is 10.9 Å². The fourth-order valence-electron chi connectivity index (χ4n) is 2.18. The summed E-state index contributed by atoms with van der Waals surface area (Å²) in [5.41, 5.74) is 3.39. The maximum absolute atomic E-state index is 4.58. The summed E-state index contributed by atoms with van der Waals surface area (Å²) in [6.45, 7) is 13.4. The highest BCUT2D eigenvalue weighted by atomic mass is 15.3. The lowest BCUT2D eigenvalue weighted by atomic mass is 10.0. The molecule has 1 N–H and O–H groups in total. The van der Waals surface area contributed by atoms with Crippen LogP contribution >= 0.6 is 0 Å². The summed E-state index contributed by atoms with van der Waals surface area (Å²) in [5, 5.41) is 9.08. The third-order valence-electron chi connectivity index (χ3n) is 3.09. The van der Waals surface area contributed by atoms with Crippen molar-refractivity contribution >= 4 is 10.9 Å². The van der Waals surface area contributed by atoms with Crippen molar-refractivity contribution in [3.05, 3.63) is 42.2 Å². The fourth-order valence-corrected chi connectivity index (χ4v) is 2.18. The molecule has 0 aliphatic carbocycles. The van der Waals surface area contributed by atoms with Crippen molar-refractivity contribution < 1.29 is 0 Å². The monoisotopic (exact) mass is 257 g/mol. The van der Waals surface area contributed by atoms with Crippen LogP contribution in [-0.4, -0.2) is 15.8 Å². The molecule has 0 atom stereocenters. The normalized spacial score (nSPS) is 11.5. The van der Waals surface area contributed by atoms with Gasteiger partial charge in [-0.25, -0.2) is 0 Å². The molecule has 0 radical (unpaired) electrons. The van der Waals surface area contributed by atoms with E-state index in [0.717, 1.165) is 11.2 Å². The Balaban J connectivity index is 2.19. The molecule has 19 heavy (non-hydrogen) atoms. The van der Waals surface area contributed by atoms with Gasteiger partial charge in [-0.3, -0.25) is 4.68 Å². The van der Waals surface area contributed by atoms with Gasteiger partial charge in [0.2, 0.25) is 0 Å². The second-order valence-corrected chi connectivity index (χ2v) is 5.70. The van der Waals surface area contributed by atoms with Crippen LogP contribution in [0.4, 0.5) is 0 Å². The Kier molecular flexibility index (Phi) is 3.93. The third kappa shape index (κ3) is 3.37. The molecule has 102 valence electrons. The van der Waals surface area contributed by atoms with Gasteiger partial charge in [0.15, 0.2) is 0 Å². The second-order valence-electron chi connectivity index (χ2n) is 5.70. The van der Waals surface area contributed by atoms with Crippen molar-refractivity contribution in [3.8, 4) is 0 Å². The molecule has 1 heterocycles. The zero-order valence-electron chi connectivity index (χ0n) is 12.3. The molecule has 3 heteroatoms. The number of aromatic nitrogens is 2. The van der Waals surface area contributed by atoms with E-state index in [0.29, 0.717) is 18.5 Å². The van der Waals surface area contributed by atoms with Gasteiger partial charge < -0.3 is 5.32 Å². The minimum Gasteiger partial charge on any atom is -0.385 e. The zero-order valence-corrected chi connectivity index (χ0v) is 12.3. The Morgan fingerprint density at radius 2 is 2.05 bits per heavy atom. The second kappa shape index (κ2) is 5.47. The lowest BCUT2D eigenvalue weighted by molar-refractivity contribution is 0.589. The molecular weight excluding hydrogens is 234 g/mol. The van der Waals surface area contributed by atoms with Crippen LogP contribution in [0.25, 0.3) is 10.9 Å². The summed E-state index contributed by atoms with van der Waals surface area (Å²) in [5.74, 6) is 0.547. The van der Waals surface area contributed by atoms with Gasteiger partial charge >= 0.3 is 0 Å². The summed E-state index contributed by atoms with van der Waals surface area (Å²) in [4.78, 5) is 0. The highest BCUT2D eigenvalue weighted by Gasteiger charge is 2.05. The fraction of sp³-hybridized carbons (Fsp3) is 0.438. The summed E-state index contributed by atoms with van der Waals surface area (Å²) >= 11 is 0. The van der Waals surface area contributed by atoms with Crippen molar-refractivity contribution in [3.63, 3.8) is 0 Å². The Morgan fingerprint density at radius 3 is 2.68 bits per heavy atom. The first kappa shape index (κ1) is 13.7. The van der Waals surface area contributed by atoms with Crippen LogP contribution in [0.2, 0.25) is 0 Å². The molecule has 0 aliphatic heterocycles. The van der Waals surface area contributed by atoms with Crippen molar-refractivity contribution in [1.82, 2.24) is 15.1 Å². The van der Waals surface area contributed by atoms with E-state index in [2.05, 4.69) is 69.1 Å². The van der Waals surface area contributed by atoms with Gasteiger partial charge in [-0.15, -0.1) is 0 Å². The van der Waals surface area contributed by atoms with E-state index in [4.69, 9.17) is 0 Å². The van der Waals surface area contributed by atoms with Crippen molar-refractivity contribution in [2.24, 2.45) is 0 Å². The number of hydrogen-bond acceptors (Lipinski definition) is 2. The van der Waals surface area contributed by atoms with Gasteiger partial charge in [0.1, 0.15) is 0 Å².